The van der Waals surface area contributed by atoms with Gasteiger partial charge >= 0.3 is 6.03 Å². The Labute approximate surface area is 112 Å². The van der Waals surface area contributed by atoms with Gasteiger partial charge in [-0.15, -0.1) is 0 Å². The summed E-state index contributed by atoms with van der Waals surface area (Å²) in [4.78, 5) is 16.3. The molecule has 1 spiro atoms. The Morgan fingerprint density at radius 1 is 1.26 bits per heavy atom. The maximum atomic E-state index is 12.8. The fourth-order valence-electron chi connectivity index (χ4n) is 3.20. The Hall–Kier alpha value is -1.62. The SMILES string of the molecule is CN1CC2(CCN(C(=O)Nc3ccc(F)cc3)C2)C1. The zero-order valence-electron chi connectivity index (χ0n) is 11.0. The van der Waals surface area contributed by atoms with Gasteiger partial charge in [0.05, 0.1) is 0 Å². The summed E-state index contributed by atoms with van der Waals surface area (Å²) in [5.41, 5.74) is 0.951. The Bertz CT molecular complexity index is 482. The first-order chi connectivity index (χ1) is 9.06. The standard InChI is InChI=1S/C14H18FN3O/c1-17-8-14(9-17)6-7-18(10-14)13(19)16-12-4-2-11(15)3-5-12/h2-5H,6-10H2,1H3,(H,16,19). The average molecular weight is 263 g/mol. The summed E-state index contributed by atoms with van der Waals surface area (Å²) in [6, 6.07) is 5.77. The van der Waals surface area contributed by atoms with Crippen molar-refractivity contribution < 1.29 is 9.18 Å². The molecule has 1 aromatic rings. The molecule has 4 nitrogen and oxygen atoms in total. The zero-order chi connectivity index (χ0) is 13.5. The maximum absolute atomic E-state index is 12.8. The molecule has 3 rings (SSSR count). The molecule has 0 atom stereocenters. The lowest BCUT2D eigenvalue weighted by molar-refractivity contribution is 0.0341. The summed E-state index contributed by atoms with van der Waals surface area (Å²) in [5, 5.41) is 2.81. The quantitative estimate of drug-likeness (QED) is 0.841. The van der Waals surface area contributed by atoms with Gasteiger partial charge in [-0.2, -0.15) is 0 Å². The van der Waals surface area contributed by atoms with Crippen molar-refractivity contribution in [2.24, 2.45) is 5.41 Å². The highest BCUT2D eigenvalue weighted by Crippen LogP contribution is 2.38. The molecule has 1 aromatic carbocycles. The van der Waals surface area contributed by atoms with Crippen LogP contribution in [0, 0.1) is 11.2 Å². The molecule has 102 valence electrons. The number of amides is 2. The predicted octanol–water partition coefficient (Wildman–Crippen LogP) is 2.00. The fraction of sp³-hybridized carbons (Fsp3) is 0.500. The normalized spacial score (nSPS) is 21.5. The van der Waals surface area contributed by atoms with E-state index < -0.39 is 0 Å². The molecule has 0 saturated carbocycles. The van der Waals surface area contributed by atoms with Crippen LogP contribution in [0.3, 0.4) is 0 Å². The van der Waals surface area contributed by atoms with Crippen molar-refractivity contribution in [2.45, 2.75) is 6.42 Å². The van der Waals surface area contributed by atoms with Crippen LogP contribution in [0.4, 0.5) is 14.9 Å². The molecule has 2 amide bonds. The van der Waals surface area contributed by atoms with Crippen molar-refractivity contribution in [3.05, 3.63) is 30.1 Å². The van der Waals surface area contributed by atoms with Gasteiger partial charge in [-0.05, 0) is 37.7 Å². The van der Waals surface area contributed by atoms with Crippen LogP contribution in [0.15, 0.2) is 24.3 Å². The van der Waals surface area contributed by atoms with Gasteiger partial charge in [-0.3, -0.25) is 0 Å². The summed E-state index contributed by atoms with van der Waals surface area (Å²) < 4.78 is 12.8. The van der Waals surface area contributed by atoms with Gasteiger partial charge in [0.15, 0.2) is 0 Å². The van der Waals surface area contributed by atoms with Crippen molar-refractivity contribution >= 4 is 11.7 Å². The van der Waals surface area contributed by atoms with E-state index in [2.05, 4.69) is 17.3 Å². The van der Waals surface area contributed by atoms with Crippen LogP contribution in [0.25, 0.3) is 0 Å². The molecule has 0 aromatic heterocycles. The number of hydrogen-bond donors (Lipinski definition) is 1. The lowest BCUT2D eigenvalue weighted by Crippen LogP contribution is -2.55. The molecular formula is C14H18FN3O. The van der Waals surface area contributed by atoms with Gasteiger partial charge in [0.2, 0.25) is 0 Å². The van der Waals surface area contributed by atoms with E-state index in [0.717, 1.165) is 32.6 Å². The van der Waals surface area contributed by atoms with Crippen LogP contribution in [-0.2, 0) is 0 Å². The summed E-state index contributed by atoms with van der Waals surface area (Å²) in [5.74, 6) is -0.296. The van der Waals surface area contributed by atoms with Crippen LogP contribution in [0.2, 0.25) is 0 Å². The van der Waals surface area contributed by atoms with Gasteiger partial charge in [-0.25, -0.2) is 9.18 Å². The summed E-state index contributed by atoms with van der Waals surface area (Å²) in [7, 11) is 2.10. The van der Waals surface area contributed by atoms with Crippen LogP contribution in [-0.4, -0.2) is 49.1 Å². The minimum absolute atomic E-state index is 0.0852. The first-order valence-corrected chi connectivity index (χ1v) is 6.56. The van der Waals surface area contributed by atoms with E-state index in [4.69, 9.17) is 0 Å². The fourth-order valence-corrected chi connectivity index (χ4v) is 3.20. The molecule has 2 aliphatic heterocycles. The number of nitrogens with one attached hydrogen (secondary N) is 1. The molecule has 19 heavy (non-hydrogen) atoms. The Kier molecular flexibility index (Phi) is 2.93. The maximum Gasteiger partial charge on any atom is 0.321 e. The minimum Gasteiger partial charge on any atom is -0.324 e. The van der Waals surface area contributed by atoms with Crippen LogP contribution in [0.5, 0.6) is 0 Å². The van der Waals surface area contributed by atoms with E-state index in [1.807, 2.05) is 4.90 Å². The van der Waals surface area contributed by atoms with E-state index in [9.17, 15) is 9.18 Å². The van der Waals surface area contributed by atoms with Crippen molar-refractivity contribution in [3.8, 4) is 0 Å². The Morgan fingerprint density at radius 2 is 1.95 bits per heavy atom. The number of anilines is 1. The molecule has 0 unspecified atom stereocenters. The van der Waals surface area contributed by atoms with Crippen molar-refractivity contribution in [1.29, 1.82) is 0 Å². The number of carbonyl (C=O) groups is 1. The van der Waals surface area contributed by atoms with Crippen LogP contribution < -0.4 is 5.32 Å². The molecule has 2 saturated heterocycles. The highest BCUT2D eigenvalue weighted by Gasteiger charge is 2.47. The van der Waals surface area contributed by atoms with Crippen LogP contribution >= 0.6 is 0 Å². The van der Waals surface area contributed by atoms with E-state index in [1.54, 1.807) is 12.1 Å². The van der Waals surface area contributed by atoms with E-state index in [-0.39, 0.29) is 11.8 Å². The molecule has 5 heteroatoms. The minimum atomic E-state index is -0.296. The van der Waals surface area contributed by atoms with Crippen molar-refractivity contribution in [2.75, 3.05) is 38.5 Å². The van der Waals surface area contributed by atoms with Gasteiger partial charge in [0, 0.05) is 37.3 Å². The van der Waals surface area contributed by atoms with Gasteiger partial charge in [-0.1, -0.05) is 0 Å². The van der Waals surface area contributed by atoms with Crippen LogP contribution in [0.1, 0.15) is 6.42 Å². The lowest BCUT2D eigenvalue weighted by Gasteiger charge is -2.46. The van der Waals surface area contributed by atoms with Gasteiger partial charge < -0.3 is 15.1 Å². The number of halogens is 1. The molecule has 0 bridgehead atoms. The van der Waals surface area contributed by atoms with E-state index in [1.165, 1.54) is 12.1 Å². The Morgan fingerprint density at radius 3 is 2.58 bits per heavy atom. The molecule has 0 aliphatic carbocycles. The second kappa shape index (κ2) is 4.49. The summed E-state index contributed by atoms with van der Waals surface area (Å²) in [6.45, 7) is 3.78. The largest absolute Gasteiger partial charge is 0.324 e. The third-order valence-electron chi connectivity index (χ3n) is 4.03. The molecular weight excluding hydrogens is 245 g/mol. The number of urea groups is 1. The second-order valence-corrected chi connectivity index (χ2v) is 5.78. The van der Waals surface area contributed by atoms with E-state index in [0.29, 0.717) is 11.1 Å². The number of benzene rings is 1. The zero-order valence-corrected chi connectivity index (χ0v) is 11.0. The summed E-state index contributed by atoms with van der Waals surface area (Å²) in [6.07, 6.45) is 1.08. The number of hydrogen-bond acceptors (Lipinski definition) is 2. The highest BCUT2D eigenvalue weighted by molar-refractivity contribution is 5.89. The average Bonchev–Trinajstić information content (AvgIpc) is 2.77. The van der Waals surface area contributed by atoms with Crippen molar-refractivity contribution in [3.63, 3.8) is 0 Å². The third kappa shape index (κ3) is 2.42. The molecule has 2 fully saturated rings. The third-order valence-corrected chi connectivity index (χ3v) is 4.03. The molecule has 2 heterocycles. The Balaban J connectivity index is 1.58. The van der Waals surface area contributed by atoms with Crippen molar-refractivity contribution in [1.82, 2.24) is 9.80 Å². The second-order valence-electron chi connectivity index (χ2n) is 5.78. The number of likely N-dealkylation sites (tertiary alicyclic amines) is 2. The molecule has 1 N–H and O–H groups in total. The smallest absolute Gasteiger partial charge is 0.321 e. The highest BCUT2D eigenvalue weighted by atomic mass is 19.1. The number of nitrogens with zero attached hydrogens (tertiary/aromatic N) is 2. The first kappa shape index (κ1) is 12.4. The number of rotatable bonds is 1. The van der Waals surface area contributed by atoms with Gasteiger partial charge in [0.1, 0.15) is 5.82 Å². The first-order valence-electron chi connectivity index (χ1n) is 6.56. The number of carbonyl (C=O) groups excluding carboxylic acids is 1. The summed E-state index contributed by atoms with van der Waals surface area (Å²) >= 11 is 0. The predicted molar refractivity (Wildman–Crippen MR) is 71.5 cm³/mol. The molecule has 0 radical (unpaired) electrons. The van der Waals surface area contributed by atoms with E-state index >= 15 is 0 Å². The molecule has 2 aliphatic rings. The van der Waals surface area contributed by atoms with Gasteiger partial charge in [0.25, 0.3) is 0 Å². The topological polar surface area (TPSA) is 35.6 Å². The lowest BCUT2D eigenvalue weighted by atomic mass is 9.79. The monoisotopic (exact) mass is 263 g/mol.